The third kappa shape index (κ3) is 4.41. The van der Waals surface area contributed by atoms with E-state index in [9.17, 15) is 13.2 Å². The van der Waals surface area contributed by atoms with Crippen LogP contribution in [0, 0.1) is 0 Å². The fourth-order valence-electron chi connectivity index (χ4n) is 1.05. The van der Waals surface area contributed by atoms with Crippen LogP contribution in [0.3, 0.4) is 0 Å². The highest BCUT2D eigenvalue weighted by Gasteiger charge is 2.17. The Morgan fingerprint density at radius 3 is 2.59 bits per heavy atom. The molecule has 17 heavy (non-hydrogen) atoms. The topological polar surface area (TPSA) is 86.5 Å². The van der Waals surface area contributed by atoms with Crippen LogP contribution in [0.2, 0.25) is 5.02 Å². The third-order valence-corrected chi connectivity index (χ3v) is 3.35. The highest BCUT2D eigenvalue weighted by atomic mass is 35.7. The Balaban J connectivity index is 2.95. The van der Waals surface area contributed by atoms with E-state index in [4.69, 9.17) is 32.8 Å². The monoisotopic (exact) mass is 297 g/mol. The van der Waals surface area contributed by atoms with Crippen LogP contribution in [-0.4, -0.2) is 20.9 Å². The molecule has 0 saturated heterocycles. The van der Waals surface area contributed by atoms with E-state index < -0.39 is 15.0 Å². The predicted molar refractivity (Wildman–Crippen MR) is 63.8 cm³/mol. The number of carbonyl (C=O) groups is 1. The minimum Gasteiger partial charge on any atom is -0.492 e. The summed E-state index contributed by atoms with van der Waals surface area (Å²) in [5.41, 5.74) is 4.92. The van der Waals surface area contributed by atoms with Gasteiger partial charge in [0.1, 0.15) is 10.6 Å². The number of rotatable bonds is 5. The summed E-state index contributed by atoms with van der Waals surface area (Å²) in [6.45, 7) is -0.0314. The molecule has 1 amide bonds. The van der Waals surface area contributed by atoms with Gasteiger partial charge in [-0.1, -0.05) is 11.6 Å². The number of carbonyl (C=O) groups excluding carboxylic acids is 1. The number of benzene rings is 1. The standard InChI is InChI=1S/C9H9Cl2NO4S/c10-6-1-2-7(16-4-3-9(12)13)8(5-6)17(11,14)15/h1-2,5H,3-4H2,(H2,12,13). The van der Waals surface area contributed by atoms with Crippen molar-refractivity contribution in [3.05, 3.63) is 23.2 Å². The zero-order valence-electron chi connectivity index (χ0n) is 8.52. The van der Waals surface area contributed by atoms with Gasteiger partial charge >= 0.3 is 0 Å². The van der Waals surface area contributed by atoms with E-state index in [1.807, 2.05) is 0 Å². The first kappa shape index (κ1) is 14.1. The van der Waals surface area contributed by atoms with Crippen LogP contribution in [-0.2, 0) is 13.8 Å². The molecular weight excluding hydrogens is 289 g/mol. The predicted octanol–water partition coefficient (Wildman–Crippen LogP) is 1.52. The average Bonchev–Trinajstić information content (AvgIpc) is 2.18. The van der Waals surface area contributed by atoms with Crippen LogP contribution in [0.4, 0.5) is 0 Å². The van der Waals surface area contributed by atoms with Crippen molar-refractivity contribution in [2.75, 3.05) is 6.61 Å². The van der Waals surface area contributed by atoms with E-state index in [0.29, 0.717) is 0 Å². The number of halogens is 2. The van der Waals surface area contributed by atoms with Crippen LogP contribution in [0.25, 0.3) is 0 Å². The first-order valence-electron chi connectivity index (χ1n) is 4.46. The molecule has 0 atom stereocenters. The smallest absolute Gasteiger partial charge is 0.265 e. The lowest BCUT2D eigenvalue weighted by molar-refractivity contribution is -0.118. The zero-order chi connectivity index (χ0) is 13.1. The highest BCUT2D eigenvalue weighted by molar-refractivity contribution is 8.13. The van der Waals surface area contributed by atoms with Crippen molar-refractivity contribution >= 4 is 37.2 Å². The van der Waals surface area contributed by atoms with Gasteiger partial charge in [0.15, 0.2) is 0 Å². The lowest BCUT2D eigenvalue weighted by Crippen LogP contribution is -2.15. The van der Waals surface area contributed by atoms with Gasteiger partial charge in [-0.05, 0) is 18.2 Å². The van der Waals surface area contributed by atoms with Crippen LogP contribution >= 0.6 is 22.3 Å². The second-order valence-electron chi connectivity index (χ2n) is 3.09. The largest absolute Gasteiger partial charge is 0.492 e. The summed E-state index contributed by atoms with van der Waals surface area (Å²) >= 11 is 5.65. The first-order valence-corrected chi connectivity index (χ1v) is 7.15. The number of nitrogens with two attached hydrogens (primary N) is 1. The van der Waals surface area contributed by atoms with Gasteiger partial charge in [-0.15, -0.1) is 0 Å². The van der Waals surface area contributed by atoms with Gasteiger partial charge in [0.25, 0.3) is 9.05 Å². The van der Waals surface area contributed by atoms with E-state index in [1.54, 1.807) is 0 Å². The second kappa shape index (κ2) is 5.57. The number of amides is 1. The lowest BCUT2D eigenvalue weighted by atomic mass is 10.3. The van der Waals surface area contributed by atoms with Crippen molar-refractivity contribution in [1.82, 2.24) is 0 Å². The molecule has 5 nitrogen and oxygen atoms in total. The Labute approximate surface area is 108 Å². The molecule has 0 aliphatic rings. The normalized spacial score (nSPS) is 11.2. The minimum atomic E-state index is -3.96. The quantitative estimate of drug-likeness (QED) is 0.835. The maximum atomic E-state index is 11.2. The maximum Gasteiger partial charge on any atom is 0.265 e. The van der Waals surface area contributed by atoms with Gasteiger partial charge in [0.2, 0.25) is 5.91 Å². The molecule has 1 aromatic rings. The molecule has 94 valence electrons. The van der Waals surface area contributed by atoms with E-state index >= 15 is 0 Å². The molecule has 0 bridgehead atoms. The number of primary amides is 1. The third-order valence-electron chi connectivity index (χ3n) is 1.77. The summed E-state index contributed by atoms with van der Waals surface area (Å²) < 4.78 is 27.6. The second-order valence-corrected chi connectivity index (χ2v) is 6.06. The molecule has 1 rings (SSSR count). The van der Waals surface area contributed by atoms with Crippen molar-refractivity contribution in [3.63, 3.8) is 0 Å². The zero-order valence-corrected chi connectivity index (χ0v) is 10.8. The Kier molecular flexibility index (Phi) is 4.62. The summed E-state index contributed by atoms with van der Waals surface area (Å²) in [5, 5.41) is 0.214. The molecule has 0 saturated carbocycles. The molecular formula is C9H9Cl2NO4S. The fraction of sp³-hybridized carbons (Fsp3) is 0.222. The van der Waals surface area contributed by atoms with Gasteiger partial charge in [-0.2, -0.15) is 0 Å². The van der Waals surface area contributed by atoms with Crippen LogP contribution in [0.15, 0.2) is 23.1 Å². The van der Waals surface area contributed by atoms with Crippen molar-refractivity contribution in [3.8, 4) is 5.75 Å². The summed E-state index contributed by atoms with van der Waals surface area (Å²) in [6.07, 6.45) is -0.0234. The molecule has 0 heterocycles. The Bertz CT molecular complexity index is 530. The average molecular weight is 298 g/mol. The Morgan fingerprint density at radius 1 is 1.41 bits per heavy atom. The molecule has 1 aromatic carbocycles. The molecule has 0 spiro atoms. The molecule has 0 unspecified atom stereocenters. The van der Waals surface area contributed by atoms with E-state index in [0.717, 1.165) is 0 Å². The van der Waals surface area contributed by atoms with Gasteiger partial charge in [-0.3, -0.25) is 4.79 Å². The number of hydrogen-bond acceptors (Lipinski definition) is 4. The summed E-state index contributed by atoms with van der Waals surface area (Å²) in [6, 6.07) is 3.98. The molecule has 8 heteroatoms. The molecule has 0 aromatic heterocycles. The maximum absolute atomic E-state index is 11.2. The Hall–Kier alpha value is -0.980. The summed E-state index contributed by atoms with van der Waals surface area (Å²) in [7, 11) is 1.26. The highest BCUT2D eigenvalue weighted by Crippen LogP contribution is 2.29. The number of hydrogen-bond donors (Lipinski definition) is 1. The van der Waals surface area contributed by atoms with E-state index in [2.05, 4.69) is 0 Å². The van der Waals surface area contributed by atoms with Gasteiger partial charge in [0.05, 0.1) is 13.0 Å². The van der Waals surface area contributed by atoms with Gasteiger partial charge in [-0.25, -0.2) is 8.42 Å². The van der Waals surface area contributed by atoms with Crippen LogP contribution < -0.4 is 10.5 Å². The van der Waals surface area contributed by atoms with Crippen LogP contribution in [0.5, 0.6) is 5.75 Å². The molecule has 0 aliphatic heterocycles. The van der Waals surface area contributed by atoms with Crippen molar-refractivity contribution < 1.29 is 17.9 Å². The SMILES string of the molecule is NC(=O)CCOc1ccc(Cl)cc1S(=O)(=O)Cl. The molecule has 0 radical (unpaired) electrons. The summed E-state index contributed by atoms with van der Waals surface area (Å²) in [5.74, 6) is -0.514. The molecule has 2 N–H and O–H groups in total. The van der Waals surface area contributed by atoms with E-state index in [-0.39, 0.29) is 28.7 Å². The Morgan fingerprint density at radius 2 is 2.06 bits per heavy atom. The number of ether oxygens (including phenoxy) is 1. The summed E-state index contributed by atoms with van der Waals surface area (Å²) in [4.78, 5) is 10.3. The van der Waals surface area contributed by atoms with Gasteiger partial charge in [0, 0.05) is 15.7 Å². The first-order chi connectivity index (χ1) is 7.80. The fourth-order valence-corrected chi connectivity index (χ4v) is 2.29. The van der Waals surface area contributed by atoms with Crippen LogP contribution in [0.1, 0.15) is 6.42 Å². The van der Waals surface area contributed by atoms with E-state index in [1.165, 1.54) is 18.2 Å². The van der Waals surface area contributed by atoms with Crippen molar-refractivity contribution in [2.24, 2.45) is 5.73 Å². The van der Waals surface area contributed by atoms with Crippen molar-refractivity contribution in [2.45, 2.75) is 11.3 Å². The molecule has 0 fully saturated rings. The lowest BCUT2D eigenvalue weighted by Gasteiger charge is -2.08. The molecule has 0 aliphatic carbocycles. The minimum absolute atomic E-state index is 0.0234. The van der Waals surface area contributed by atoms with Gasteiger partial charge < -0.3 is 10.5 Å². The van der Waals surface area contributed by atoms with Crippen molar-refractivity contribution in [1.29, 1.82) is 0 Å².